The lowest BCUT2D eigenvalue weighted by atomic mass is 9.85. The minimum absolute atomic E-state index is 0.00773. The number of allylic oxidation sites excluding steroid dienone is 1. The van der Waals surface area contributed by atoms with Gasteiger partial charge in [0.25, 0.3) is 0 Å². The highest BCUT2D eigenvalue weighted by Crippen LogP contribution is 2.33. The third kappa shape index (κ3) is 2.79. The number of benzene rings is 1. The molecule has 0 saturated heterocycles. The van der Waals surface area contributed by atoms with Crippen LogP contribution < -0.4 is 15.4 Å². The van der Waals surface area contributed by atoms with Gasteiger partial charge in [-0.1, -0.05) is 12.1 Å². The third-order valence-electron chi connectivity index (χ3n) is 3.72. The predicted octanol–water partition coefficient (Wildman–Crippen LogP) is 2.65. The summed E-state index contributed by atoms with van der Waals surface area (Å²) in [5, 5.41) is 5.38. The number of Topliss-reactive ketones (excluding diaryl/α,β-unsaturated/α-hetero) is 1. The second kappa shape index (κ2) is 5.75. The largest absolute Gasteiger partial charge is 0.435 e. The number of hydrogen-bond acceptors (Lipinski definition) is 3. The molecule has 2 N–H and O–H groups in total. The molecule has 0 fully saturated rings. The summed E-state index contributed by atoms with van der Waals surface area (Å²) >= 11 is 0. The lowest BCUT2D eigenvalue weighted by Gasteiger charge is -2.32. The fraction of sp³-hybridized carbons (Fsp3) is 0.333. The van der Waals surface area contributed by atoms with E-state index in [9.17, 15) is 18.4 Å². The molecule has 2 amide bonds. The molecular formula is C15H14F2N2O3. The molecule has 0 unspecified atom stereocenters. The number of carbonyl (C=O) groups excluding carboxylic acids is 2. The summed E-state index contributed by atoms with van der Waals surface area (Å²) in [7, 11) is 0. The average molecular weight is 308 g/mol. The van der Waals surface area contributed by atoms with Crippen LogP contribution in [0.4, 0.5) is 13.6 Å². The van der Waals surface area contributed by atoms with E-state index in [1.165, 1.54) is 12.1 Å². The zero-order valence-corrected chi connectivity index (χ0v) is 11.6. The molecule has 0 spiro atoms. The number of ether oxygens (including phenoxy) is 1. The molecule has 116 valence electrons. The predicted molar refractivity (Wildman–Crippen MR) is 73.4 cm³/mol. The van der Waals surface area contributed by atoms with Gasteiger partial charge < -0.3 is 15.4 Å². The average Bonchev–Trinajstić information content (AvgIpc) is 2.46. The van der Waals surface area contributed by atoms with Crippen LogP contribution in [0.1, 0.15) is 30.9 Å². The first kappa shape index (κ1) is 14.5. The Bertz CT molecular complexity index is 641. The zero-order valence-electron chi connectivity index (χ0n) is 11.6. The van der Waals surface area contributed by atoms with E-state index >= 15 is 0 Å². The van der Waals surface area contributed by atoms with Crippen molar-refractivity contribution in [1.29, 1.82) is 0 Å². The Balaban J connectivity index is 1.92. The smallest absolute Gasteiger partial charge is 0.387 e. The van der Waals surface area contributed by atoms with Crippen molar-refractivity contribution in [2.24, 2.45) is 0 Å². The van der Waals surface area contributed by atoms with Crippen LogP contribution in [0.3, 0.4) is 0 Å². The number of rotatable bonds is 3. The highest BCUT2D eigenvalue weighted by molar-refractivity contribution is 6.00. The lowest BCUT2D eigenvalue weighted by Crippen LogP contribution is -2.46. The maximum Gasteiger partial charge on any atom is 0.387 e. The van der Waals surface area contributed by atoms with Crippen molar-refractivity contribution >= 4 is 11.8 Å². The Labute approximate surface area is 125 Å². The van der Waals surface area contributed by atoms with Gasteiger partial charge in [-0.25, -0.2) is 4.79 Å². The Hall–Kier alpha value is -2.44. The second-order valence-electron chi connectivity index (χ2n) is 5.15. The molecule has 5 nitrogen and oxygen atoms in total. The van der Waals surface area contributed by atoms with E-state index in [1.54, 1.807) is 12.1 Å². The molecule has 0 saturated carbocycles. The van der Waals surface area contributed by atoms with E-state index in [0.29, 0.717) is 36.1 Å². The van der Waals surface area contributed by atoms with Crippen LogP contribution in [0.25, 0.3) is 0 Å². The highest BCUT2D eigenvalue weighted by atomic mass is 19.3. The number of halogens is 2. The van der Waals surface area contributed by atoms with Gasteiger partial charge in [-0.2, -0.15) is 8.78 Å². The molecule has 0 aromatic heterocycles. The summed E-state index contributed by atoms with van der Waals surface area (Å²) in [4.78, 5) is 23.9. The molecular weight excluding hydrogens is 294 g/mol. The molecule has 1 aromatic carbocycles. The minimum Gasteiger partial charge on any atom is -0.435 e. The molecule has 22 heavy (non-hydrogen) atoms. The van der Waals surface area contributed by atoms with Crippen molar-refractivity contribution in [3.05, 3.63) is 41.1 Å². The number of nitrogens with one attached hydrogen (secondary N) is 2. The van der Waals surface area contributed by atoms with Crippen LogP contribution in [0.2, 0.25) is 0 Å². The molecule has 1 heterocycles. The quantitative estimate of drug-likeness (QED) is 0.902. The van der Waals surface area contributed by atoms with Crippen molar-refractivity contribution in [3.8, 4) is 5.75 Å². The maximum atomic E-state index is 12.2. The van der Waals surface area contributed by atoms with E-state index in [2.05, 4.69) is 15.4 Å². The number of amides is 2. The van der Waals surface area contributed by atoms with Gasteiger partial charge >= 0.3 is 12.6 Å². The first-order chi connectivity index (χ1) is 10.5. The minimum atomic E-state index is -2.89. The Morgan fingerprint density at radius 1 is 1.14 bits per heavy atom. The van der Waals surface area contributed by atoms with E-state index in [4.69, 9.17) is 0 Å². The van der Waals surface area contributed by atoms with Gasteiger partial charge in [0, 0.05) is 17.7 Å². The summed E-state index contributed by atoms with van der Waals surface area (Å²) in [5.41, 5.74) is 1.85. The van der Waals surface area contributed by atoms with Crippen LogP contribution in [-0.2, 0) is 4.79 Å². The van der Waals surface area contributed by atoms with Crippen molar-refractivity contribution in [2.45, 2.75) is 31.9 Å². The van der Waals surface area contributed by atoms with Crippen molar-refractivity contribution in [1.82, 2.24) is 10.6 Å². The molecule has 2 aliphatic rings. The highest BCUT2D eigenvalue weighted by Gasteiger charge is 2.34. The number of urea groups is 1. The van der Waals surface area contributed by atoms with Crippen LogP contribution in [0.15, 0.2) is 35.5 Å². The van der Waals surface area contributed by atoms with Gasteiger partial charge in [0.2, 0.25) is 0 Å². The monoisotopic (exact) mass is 308 g/mol. The van der Waals surface area contributed by atoms with Crippen molar-refractivity contribution in [3.63, 3.8) is 0 Å². The maximum absolute atomic E-state index is 12.2. The summed E-state index contributed by atoms with van der Waals surface area (Å²) in [6, 6.07) is 5.00. The normalized spacial score (nSPS) is 21.3. The van der Waals surface area contributed by atoms with Gasteiger partial charge in [-0.3, -0.25) is 4.79 Å². The van der Waals surface area contributed by atoms with Crippen molar-refractivity contribution < 1.29 is 23.1 Å². The molecule has 0 radical (unpaired) electrons. The molecule has 1 aliphatic carbocycles. The Kier molecular flexibility index (Phi) is 3.79. The summed E-state index contributed by atoms with van der Waals surface area (Å²) in [6.45, 7) is -2.89. The van der Waals surface area contributed by atoms with Crippen LogP contribution in [0.5, 0.6) is 5.75 Å². The third-order valence-corrected chi connectivity index (χ3v) is 3.72. The van der Waals surface area contributed by atoms with E-state index < -0.39 is 12.7 Å². The number of ketones is 1. The number of alkyl halides is 2. The van der Waals surface area contributed by atoms with Crippen LogP contribution in [-0.4, -0.2) is 18.4 Å². The van der Waals surface area contributed by atoms with Gasteiger partial charge in [-0.05, 0) is 30.5 Å². The summed E-state index contributed by atoms with van der Waals surface area (Å²) in [6.07, 6.45) is 1.81. The standard InChI is InChI=1S/C15H14F2N2O3/c16-14(17)22-9-6-4-8(5-7-9)13-12-10(18-15(21)19-13)2-1-3-11(12)20/h4-7,13-14H,1-3H2,(H2,18,19,21)/t13-/m0/s1. The summed E-state index contributed by atoms with van der Waals surface area (Å²) in [5.74, 6) is 0.0230. The van der Waals surface area contributed by atoms with Gasteiger partial charge in [0.15, 0.2) is 5.78 Å². The first-order valence-corrected chi connectivity index (χ1v) is 6.93. The van der Waals surface area contributed by atoms with Gasteiger partial charge in [0.05, 0.1) is 6.04 Å². The molecule has 1 atom stereocenters. The molecule has 0 bridgehead atoms. The molecule has 1 aromatic rings. The molecule has 7 heteroatoms. The molecule has 1 aliphatic heterocycles. The van der Waals surface area contributed by atoms with Gasteiger partial charge in [-0.15, -0.1) is 0 Å². The number of carbonyl (C=O) groups is 2. The Morgan fingerprint density at radius 3 is 2.55 bits per heavy atom. The Morgan fingerprint density at radius 2 is 1.86 bits per heavy atom. The summed E-state index contributed by atoms with van der Waals surface area (Å²) < 4.78 is 28.6. The fourth-order valence-corrected chi connectivity index (χ4v) is 2.80. The van der Waals surface area contributed by atoms with E-state index in [-0.39, 0.29) is 17.6 Å². The van der Waals surface area contributed by atoms with Crippen LogP contribution >= 0.6 is 0 Å². The fourth-order valence-electron chi connectivity index (χ4n) is 2.80. The SMILES string of the molecule is O=C1NC2=C(C(=O)CCC2)[C@H](c2ccc(OC(F)F)cc2)N1. The zero-order chi connectivity index (χ0) is 15.7. The van der Waals surface area contributed by atoms with Gasteiger partial charge in [0.1, 0.15) is 5.75 Å². The number of hydrogen-bond donors (Lipinski definition) is 2. The van der Waals surface area contributed by atoms with Crippen molar-refractivity contribution in [2.75, 3.05) is 0 Å². The lowest BCUT2D eigenvalue weighted by molar-refractivity contribution is -0.116. The topological polar surface area (TPSA) is 67.4 Å². The van der Waals surface area contributed by atoms with E-state index in [1.807, 2.05) is 0 Å². The second-order valence-corrected chi connectivity index (χ2v) is 5.15. The molecule has 3 rings (SSSR count). The van der Waals surface area contributed by atoms with Crippen LogP contribution in [0, 0.1) is 0 Å². The van der Waals surface area contributed by atoms with E-state index in [0.717, 1.165) is 0 Å². The first-order valence-electron chi connectivity index (χ1n) is 6.93.